The van der Waals surface area contributed by atoms with Crippen molar-refractivity contribution in [2.75, 3.05) is 13.2 Å². The Kier molecular flexibility index (Phi) is 8.29. The highest BCUT2D eigenvalue weighted by atomic mass is 16.5. The molecule has 0 fully saturated rings. The van der Waals surface area contributed by atoms with E-state index < -0.39 is 0 Å². The van der Waals surface area contributed by atoms with E-state index in [-0.39, 0.29) is 16.6 Å². The van der Waals surface area contributed by atoms with Gasteiger partial charge in [-0.25, -0.2) is 0 Å². The van der Waals surface area contributed by atoms with Crippen LogP contribution < -0.4 is 0 Å². The van der Waals surface area contributed by atoms with Crippen LogP contribution in [0.25, 0.3) is 0 Å². The highest BCUT2D eigenvalue weighted by Crippen LogP contribution is 2.24. The third-order valence-electron chi connectivity index (χ3n) is 3.43. The smallest absolute Gasteiger partial charge is 0.138 e. The van der Waals surface area contributed by atoms with Crippen molar-refractivity contribution >= 4 is 5.78 Å². The molecule has 3 nitrogen and oxygen atoms in total. The summed E-state index contributed by atoms with van der Waals surface area (Å²) in [6, 6.07) is 0. The fourth-order valence-corrected chi connectivity index (χ4v) is 1.98. The maximum absolute atomic E-state index is 12.3. The Labute approximate surface area is 138 Å². The van der Waals surface area contributed by atoms with Crippen molar-refractivity contribution in [1.82, 2.24) is 0 Å². The molecule has 0 amide bonds. The molecule has 0 aliphatic heterocycles. The molecule has 0 atom stereocenters. The van der Waals surface area contributed by atoms with Gasteiger partial charge < -0.3 is 9.47 Å². The Balaban J connectivity index is 4.46. The molecular weight excluding hydrogens is 276 g/mol. The largest absolute Gasteiger partial charge is 0.376 e. The molecule has 22 heavy (non-hydrogen) atoms. The Morgan fingerprint density at radius 1 is 0.773 bits per heavy atom. The number of rotatable bonds is 8. The molecular formula is C19H38O3. The first kappa shape index (κ1) is 21.6. The standard InChI is InChI=1S/C19H38O3/c1-17(2,3)16(20)14-15(10-12-21-18(4,5)6)11-13-22-19(7,8)9/h15H,10-14H2,1-9H3. The third kappa shape index (κ3) is 12.2. The second kappa shape index (κ2) is 8.44. The van der Waals surface area contributed by atoms with Gasteiger partial charge in [0.25, 0.3) is 0 Å². The van der Waals surface area contributed by atoms with Gasteiger partial charge in [0.1, 0.15) is 5.78 Å². The summed E-state index contributed by atoms with van der Waals surface area (Å²) in [6.45, 7) is 19.7. The number of hydrogen-bond acceptors (Lipinski definition) is 3. The minimum Gasteiger partial charge on any atom is -0.376 e. The Morgan fingerprint density at radius 3 is 1.41 bits per heavy atom. The number of carbonyl (C=O) groups excluding carboxylic acids is 1. The molecule has 132 valence electrons. The van der Waals surface area contributed by atoms with Crippen molar-refractivity contribution < 1.29 is 14.3 Å². The van der Waals surface area contributed by atoms with E-state index in [1.807, 2.05) is 20.8 Å². The molecule has 0 saturated carbocycles. The van der Waals surface area contributed by atoms with E-state index in [9.17, 15) is 4.79 Å². The van der Waals surface area contributed by atoms with E-state index in [0.29, 0.717) is 31.3 Å². The van der Waals surface area contributed by atoms with Crippen LogP contribution >= 0.6 is 0 Å². The number of Topliss-reactive ketones (excluding diaryl/α,β-unsaturated/α-hetero) is 1. The molecule has 0 aromatic heterocycles. The number of carbonyl (C=O) groups is 1. The van der Waals surface area contributed by atoms with Crippen molar-refractivity contribution in [3.63, 3.8) is 0 Å². The molecule has 0 N–H and O–H groups in total. The lowest BCUT2D eigenvalue weighted by atomic mass is 9.83. The van der Waals surface area contributed by atoms with Gasteiger partial charge in [0, 0.05) is 25.0 Å². The van der Waals surface area contributed by atoms with Crippen LogP contribution in [0.4, 0.5) is 0 Å². The minimum absolute atomic E-state index is 0.125. The number of ether oxygens (including phenoxy) is 2. The molecule has 0 unspecified atom stereocenters. The quantitative estimate of drug-likeness (QED) is 0.631. The molecule has 0 heterocycles. The van der Waals surface area contributed by atoms with Crippen LogP contribution in [0, 0.1) is 11.3 Å². The van der Waals surface area contributed by atoms with Crippen LogP contribution in [-0.4, -0.2) is 30.2 Å². The zero-order valence-corrected chi connectivity index (χ0v) is 16.3. The first-order valence-electron chi connectivity index (χ1n) is 8.52. The van der Waals surface area contributed by atoms with Crippen LogP contribution in [0.15, 0.2) is 0 Å². The van der Waals surface area contributed by atoms with Crippen LogP contribution in [0.1, 0.15) is 81.6 Å². The predicted octanol–water partition coefficient (Wildman–Crippen LogP) is 5.02. The Bertz CT molecular complexity index is 306. The van der Waals surface area contributed by atoms with E-state index in [4.69, 9.17) is 9.47 Å². The van der Waals surface area contributed by atoms with Crippen LogP contribution in [0.3, 0.4) is 0 Å². The summed E-state index contributed by atoms with van der Waals surface area (Å²) in [7, 11) is 0. The summed E-state index contributed by atoms with van der Waals surface area (Å²) in [4.78, 5) is 12.3. The SMILES string of the molecule is CC(C)(C)OCCC(CCOC(C)(C)C)CC(=O)C(C)(C)C. The van der Waals surface area contributed by atoms with Gasteiger partial charge in [0.15, 0.2) is 0 Å². The van der Waals surface area contributed by atoms with Gasteiger partial charge in [-0.15, -0.1) is 0 Å². The molecule has 0 spiro atoms. The Morgan fingerprint density at radius 2 is 1.14 bits per heavy atom. The van der Waals surface area contributed by atoms with Gasteiger partial charge in [-0.1, -0.05) is 20.8 Å². The van der Waals surface area contributed by atoms with Crippen LogP contribution in [0.2, 0.25) is 0 Å². The summed E-state index contributed by atoms with van der Waals surface area (Å²) < 4.78 is 11.6. The van der Waals surface area contributed by atoms with Crippen LogP contribution in [0.5, 0.6) is 0 Å². The number of hydrogen-bond donors (Lipinski definition) is 0. The van der Waals surface area contributed by atoms with Gasteiger partial charge >= 0.3 is 0 Å². The first-order chi connectivity index (χ1) is 9.71. The van der Waals surface area contributed by atoms with Gasteiger partial charge in [0.05, 0.1) is 11.2 Å². The van der Waals surface area contributed by atoms with Gasteiger partial charge in [-0.3, -0.25) is 4.79 Å². The highest BCUT2D eigenvalue weighted by molar-refractivity contribution is 5.83. The lowest BCUT2D eigenvalue weighted by Gasteiger charge is -2.26. The molecule has 0 aromatic carbocycles. The highest BCUT2D eigenvalue weighted by Gasteiger charge is 2.25. The summed E-state index contributed by atoms with van der Waals surface area (Å²) in [6.07, 6.45) is 2.43. The molecule has 0 saturated heterocycles. The van der Waals surface area contributed by atoms with E-state index in [1.54, 1.807) is 0 Å². The van der Waals surface area contributed by atoms with Crippen molar-refractivity contribution in [2.45, 2.75) is 92.8 Å². The number of ketones is 1. The lowest BCUT2D eigenvalue weighted by molar-refractivity contribution is -0.127. The summed E-state index contributed by atoms with van der Waals surface area (Å²) >= 11 is 0. The maximum atomic E-state index is 12.3. The average Bonchev–Trinajstić information content (AvgIpc) is 2.23. The predicted molar refractivity (Wildman–Crippen MR) is 93.2 cm³/mol. The monoisotopic (exact) mass is 314 g/mol. The average molecular weight is 315 g/mol. The second-order valence-electron chi connectivity index (χ2n) is 9.24. The van der Waals surface area contributed by atoms with Crippen molar-refractivity contribution in [2.24, 2.45) is 11.3 Å². The molecule has 0 radical (unpaired) electrons. The van der Waals surface area contributed by atoms with Gasteiger partial charge in [-0.2, -0.15) is 0 Å². The fourth-order valence-electron chi connectivity index (χ4n) is 1.98. The molecule has 0 rings (SSSR count). The van der Waals surface area contributed by atoms with E-state index >= 15 is 0 Å². The Hall–Kier alpha value is -0.410. The maximum Gasteiger partial charge on any atom is 0.138 e. The third-order valence-corrected chi connectivity index (χ3v) is 3.43. The second-order valence-corrected chi connectivity index (χ2v) is 9.24. The zero-order valence-electron chi connectivity index (χ0n) is 16.3. The molecule has 3 heteroatoms. The fraction of sp³-hybridized carbons (Fsp3) is 0.947. The van der Waals surface area contributed by atoms with E-state index in [2.05, 4.69) is 41.5 Å². The molecule has 0 bridgehead atoms. The zero-order chi connectivity index (χ0) is 17.6. The van der Waals surface area contributed by atoms with Crippen LogP contribution in [-0.2, 0) is 14.3 Å². The van der Waals surface area contributed by atoms with Crippen molar-refractivity contribution in [3.8, 4) is 0 Å². The summed E-state index contributed by atoms with van der Waals surface area (Å²) in [5.74, 6) is 0.653. The van der Waals surface area contributed by atoms with Crippen molar-refractivity contribution in [3.05, 3.63) is 0 Å². The van der Waals surface area contributed by atoms with E-state index in [0.717, 1.165) is 12.8 Å². The summed E-state index contributed by atoms with van der Waals surface area (Å²) in [5.41, 5.74) is -0.519. The topological polar surface area (TPSA) is 35.5 Å². The normalized spacial score (nSPS) is 13.7. The molecule has 0 aliphatic carbocycles. The first-order valence-corrected chi connectivity index (χ1v) is 8.52. The van der Waals surface area contributed by atoms with E-state index in [1.165, 1.54) is 0 Å². The minimum atomic E-state index is -0.270. The van der Waals surface area contributed by atoms with Gasteiger partial charge in [-0.05, 0) is 60.3 Å². The summed E-state index contributed by atoms with van der Waals surface area (Å²) in [5, 5.41) is 0. The van der Waals surface area contributed by atoms with Crippen molar-refractivity contribution in [1.29, 1.82) is 0 Å². The van der Waals surface area contributed by atoms with Gasteiger partial charge in [0.2, 0.25) is 0 Å². The molecule has 0 aliphatic rings. The molecule has 0 aromatic rings. The lowest BCUT2D eigenvalue weighted by Crippen LogP contribution is -2.27.